The number of hydrogen-bond acceptors (Lipinski definition) is 2. The molecule has 24 heavy (non-hydrogen) atoms. The van der Waals surface area contributed by atoms with Crippen LogP contribution >= 0.6 is 27.7 Å². The number of benzene rings is 2. The van der Waals surface area contributed by atoms with Crippen LogP contribution in [0.4, 0.5) is 0 Å². The molecule has 2 aromatic rings. The SMILES string of the molecule is CC(C)(C)c1ccc(C2SCCN2C(=O)c2ccccc2Br)cc1. The van der Waals surface area contributed by atoms with E-state index in [0.717, 1.165) is 22.3 Å². The molecule has 1 unspecified atom stereocenters. The second kappa shape index (κ2) is 6.93. The number of hydrogen-bond donors (Lipinski definition) is 0. The first-order valence-electron chi connectivity index (χ1n) is 8.15. The number of thioether (sulfide) groups is 1. The van der Waals surface area contributed by atoms with Crippen molar-refractivity contribution in [1.82, 2.24) is 4.90 Å². The monoisotopic (exact) mass is 403 g/mol. The molecule has 1 atom stereocenters. The molecular weight excluding hydrogens is 382 g/mol. The smallest absolute Gasteiger partial charge is 0.256 e. The molecule has 2 aromatic carbocycles. The quantitative estimate of drug-likeness (QED) is 0.646. The predicted molar refractivity (Wildman–Crippen MR) is 106 cm³/mol. The molecule has 4 heteroatoms. The normalized spacial score (nSPS) is 18.0. The molecule has 3 rings (SSSR count). The van der Waals surface area contributed by atoms with Gasteiger partial charge in [-0.05, 0) is 44.6 Å². The van der Waals surface area contributed by atoms with Gasteiger partial charge in [-0.1, -0.05) is 57.2 Å². The van der Waals surface area contributed by atoms with Crippen LogP contribution in [0.3, 0.4) is 0 Å². The Morgan fingerprint density at radius 3 is 2.42 bits per heavy atom. The largest absolute Gasteiger partial charge is 0.322 e. The van der Waals surface area contributed by atoms with Crippen molar-refractivity contribution in [2.45, 2.75) is 31.6 Å². The fourth-order valence-corrected chi connectivity index (χ4v) is 4.60. The van der Waals surface area contributed by atoms with Crippen molar-refractivity contribution in [2.24, 2.45) is 0 Å². The fraction of sp³-hybridized carbons (Fsp3) is 0.350. The third kappa shape index (κ3) is 3.55. The lowest BCUT2D eigenvalue weighted by atomic mass is 9.86. The third-order valence-electron chi connectivity index (χ3n) is 4.32. The maximum Gasteiger partial charge on any atom is 0.256 e. The van der Waals surface area contributed by atoms with Gasteiger partial charge in [-0.2, -0.15) is 0 Å². The molecule has 1 fully saturated rings. The molecule has 0 radical (unpaired) electrons. The van der Waals surface area contributed by atoms with Crippen LogP contribution in [0.25, 0.3) is 0 Å². The number of nitrogens with zero attached hydrogens (tertiary/aromatic N) is 1. The van der Waals surface area contributed by atoms with Crippen LogP contribution in [0.2, 0.25) is 0 Å². The molecule has 1 amide bonds. The maximum atomic E-state index is 13.0. The van der Waals surface area contributed by atoms with Gasteiger partial charge in [0.2, 0.25) is 0 Å². The summed E-state index contributed by atoms with van der Waals surface area (Å²) in [5, 5.41) is 0.0959. The van der Waals surface area contributed by atoms with E-state index in [2.05, 4.69) is 61.0 Å². The minimum absolute atomic E-state index is 0.0948. The number of carbonyl (C=O) groups excluding carboxylic acids is 1. The van der Waals surface area contributed by atoms with Crippen molar-refractivity contribution in [2.75, 3.05) is 12.3 Å². The highest BCUT2D eigenvalue weighted by Gasteiger charge is 2.32. The number of rotatable bonds is 2. The van der Waals surface area contributed by atoms with E-state index < -0.39 is 0 Å². The zero-order chi connectivity index (χ0) is 17.3. The summed E-state index contributed by atoms with van der Waals surface area (Å²) in [6, 6.07) is 16.4. The Morgan fingerprint density at radius 2 is 1.79 bits per heavy atom. The minimum atomic E-state index is 0.0948. The Labute approximate surface area is 156 Å². The highest BCUT2D eigenvalue weighted by molar-refractivity contribution is 9.10. The van der Waals surface area contributed by atoms with Crippen LogP contribution in [0, 0.1) is 0 Å². The van der Waals surface area contributed by atoms with E-state index in [1.165, 1.54) is 11.1 Å². The van der Waals surface area contributed by atoms with Crippen LogP contribution < -0.4 is 0 Å². The molecule has 1 aliphatic heterocycles. The standard InChI is InChI=1S/C20H22BrNOS/c1-20(2,3)15-10-8-14(9-11-15)19-22(12-13-24-19)18(23)16-6-4-5-7-17(16)21/h4-11,19H,12-13H2,1-3H3. The van der Waals surface area contributed by atoms with Crippen molar-refractivity contribution in [3.63, 3.8) is 0 Å². The van der Waals surface area contributed by atoms with Crippen molar-refractivity contribution in [3.8, 4) is 0 Å². The highest BCUT2D eigenvalue weighted by atomic mass is 79.9. The summed E-state index contributed by atoms with van der Waals surface area (Å²) >= 11 is 5.33. The number of carbonyl (C=O) groups is 1. The van der Waals surface area contributed by atoms with E-state index in [4.69, 9.17) is 0 Å². The fourth-order valence-electron chi connectivity index (χ4n) is 2.89. The van der Waals surface area contributed by atoms with Crippen LogP contribution in [0.5, 0.6) is 0 Å². The second-order valence-corrected chi connectivity index (χ2v) is 9.12. The molecule has 1 saturated heterocycles. The second-order valence-electron chi connectivity index (χ2n) is 7.07. The van der Waals surface area contributed by atoms with Gasteiger partial charge in [-0.15, -0.1) is 11.8 Å². The lowest BCUT2D eigenvalue weighted by Crippen LogP contribution is -2.30. The van der Waals surface area contributed by atoms with E-state index >= 15 is 0 Å². The van der Waals surface area contributed by atoms with E-state index in [-0.39, 0.29) is 16.7 Å². The molecule has 0 aromatic heterocycles. The summed E-state index contributed by atoms with van der Waals surface area (Å²) in [6.45, 7) is 7.44. The Hall–Kier alpha value is -1.26. The predicted octanol–water partition coefficient (Wildman–Crippen LogP) is 5.63. The van der Waals surface area contributed by atoms with Crippen molar-refractivity contribution < 1.29 is 4.79 Å². The summed E-state index contributed by atoms with van der Waals surface area (Å²) in [5.41, 5.74) is 3.39. The van der Waals surface area contributed by atoms with Gasteiger partial charge < -0.3 is 4.90 Å². The van der Waals surface area contributed by atoms with Gasteiger partial charge in [0, 0.05) is 16.8 Å². The molecule has 1 aliphatic rings. The summed E-state index contributed by atoms with van der Waals surface area (Å²) in [7, 11) is 0. The van der Waals surface area contributed by atoms with Gasteiger partial charge in [-0.3, -0.25) is 4.79 Å². The van der Waals surface area contributed by atoms with E-state index in [9.17, 15) is 4.79 Å². The topological polar surface area (TPSA) is 20.3 Å². The molecule has 2 nitrogen and oxygen atoms in total. The van der Waals surface area contributed by atoms with Crippen LogP contribution in [-0.4, -0.2) is 23.1 Å². The van der Waals surface area contributed by atoms with Gasteiger partial charge in [0.15, 0.2) is 0 Å². The molecular formula is C20H22BrNOS. The summed E-state index contributed by atoms with van der Waals surface area (Å²) < 4.78 is 0.855. The van der Waals surface area contributed by atoms with Gasteiger partial charge in [0.05, 0.1) is 5.56 Å². The molecule has 0 saturated carbocycles. The third-order valence-corrected chi connectivity index (χ3v) is 6.27. The Bertz CT molecular complexity index is 736. The van der Waals surface area contributed by atoms with Crippen molar-refractivity contribution in [1.29, 1.82) is 0 Å². The van der Waals surface area contributed by atoms with Crippen molar-refractivity contribution in [3.05, 3.63) is 69.7 Å². The molecule has 0 spiro atoms. The molecule has 126 valence electrons. The zero-order valence-electron chi connectivity index (χ0n) is 14.3. The Balaban J connectivity index is 1.86. The van der Waals surface area contributed by atoms with Crippen molar-refractivity contribution >= 4 is 33.6 Å². The Morgan fingerprint density at radius 1 is 1.12 bits per heavy atom. The average Bonchev–Trinajstić information content (AvgIpc) is 3.03. The maximum absolute atomic E-state index is 13.0. The molecule has 1 heterocycles. The first kappa shape index (κ1) is 17.6. The number of amides is 1. The van der Waals surface area contributed by atoms with Crippen LogP contribution in [0.1, 0.15) is 47.6 Å². The first-order chi connectivity index (χ1) is 11.4. The van der Waals surface area contributed by atoms with Gasteiger partial charge in [0.25, 0.3) is 5.91 Å². The Kier molecular flexibility index (Phi) is 5.07. The lowest BCUT2D eigenvalue weighted by molar-refractivity contribution is 0.0759. The molecule has 0 aliphatic carbocycles. The lowest BCUT2D eigenvalue weighted by Gasteiger charge is -2.26. The summed E-state index contributed by atoms with van der Waals surface area (Å²) in [4.78, 5) is 14.9. The van der Waals surface area contributed by atoms with E-state index in [1.807, 2.05) is 40.9 Å². The van der Waals surface area contributed by atoms with Gasteiger partial charge in [-0.25, -0.2) is 0 Å². The zero-order valence-corrected chi connectivity index (χ0v) is 16.7. The molecule has 0 N–H and O–H groups in total. The highest BCUT2D eigenvalue weighted by Crippen LogP contribution is 2.39. The van der Waals surface area contributed by atoms with E-state index in [0.29, 0.717) is 0 Å². The van der Waals surface area contributed by atoms with Gasteiger partial charge in [0.1, 0.15) is 5.37 Å². The van der Waals surface area contributed by atoms with Gasteiger partial charge >= 0.3 is 0 Å². The van der Waals surface area contributed by atoms with E-state index in [1.54, 1.807) is 0 Å². The average molecular weight is 404 g/mol. The summed E-state index contributed by atoms with van der Waals surface area (Å²) in [6.07, 6.45) is 0. The molecule has 0 bridgehead atoms. The van der Waals surface area contributed by atoms with Crippen LogP contribution in [-0.2, 0) is 5.41 Å². The summed E-state index contributed by atoms with van der Waals surface area (Å²) in [5.74, 6) is 1.07. The first-order valence-corrected chi connectivity index (χ1v) is 9.99. The minimum Gasteiger partial charge on any atom is -0.322 e. The number of halogens is 1. The van der Waals surface area contributed by atoms with Crippen LogP contribution in [0.15, 0.2) is 53.0 Å².